The summed E-state index contributed by atoms with van der Waals surface area (Å²) in [4.78, 5) is 4.14. The average molecular weight is 271 g/mol. The summed E-state index contributed by atoms with van der Waals surface area (Å²) in [6, 6.07) is 9.05. The van der Waals surface area contributed by atoms with Crippen molar-refractivity contribution in [1.82, 2.24) is 19.9 Å². The third-order valence-electron chi connectivity index (χ3n) is 2.82. The molecule has 3 N–H and O–H groups in total. The highest BCUT2D eigenvalue weighted by molar-refractivity contribution is 5.51. The summed E-state index contributed by atoms with van der Waals surface area (Å²) in [6.07, 6.45) is 3.42. The number of para-hydroxylation sites is 1. The van der Waals surface area contributed by atoms with Crippen LogP contribution < -0.4 is 5.73 Å². The van der Waals surface area contributed by atoms with Crippen molar-refractivity contribution in [1.29, 1.82) is 0 Å². The Morgan fingerprint density at radius 3 is 2.85 bits per heavy atom. The van der Waals surface area contributed by atoms with E-state index in [1.54, 1.807) is 17.1 Å². The quantitative estimate of drug-likeness (QED) is 0.731. The summed E-state index contributed by atoms with van der Waals surface area (Å²) in [5.41, 5.74) is 7.25. The molecule has 20 heavy (non-hydrogen) atoms. The topological polar surface area (TPSA) is 103 Å². The highest BCUT2D eigenvalue weighted by atomic mass is 16.5. The fourth-order valence-corrected chi connectivity index (χ4v) is 1.74. The minimum atomic E-state index is -0.642. The number of aliphatic hydroxyl groups is 1. The van der Waals surface area contributed by atoms with Gasteiger partial charge < -0.3 is 15.4 Å². The molecule has 2 aromatic heterocycles. The van der Waals surface area contributed by atoms with Crippen molar-refractivity contribution in [2.24, 2.45) is 5.73 Å². The van der Waals surface area contributed by atoms with Gasteiger partial charge in [0.2, 0.25) is 0 Å². The van der Waals surface area contributed by atoms with Gasteiger partial charge in [0.25, 0.3) is 5.89 Å². The van der Waals surface area contributed by atoms with Crippen LogP contribution >= 0.6 is 0 Å². The first kappa shape index (κ1) is 12.5. The van der Waals surface area contributed by atoms with Gasteiger partial charge in [0.1, 0.15) is 0 Å². The first-order chi connectivity index (χ1) is 9.78. The number of hydrogen-bond acceptors (Lipinski definition) is 6. The normalized spacial score (nSPS) is 12.5. The molecule has 1 aromatic carbocycles. The molecule has 0 bridgehead atoms. The number of benzene rings is 1. The van der Waals surface area contributed by atoms with Crippen LogP contribution in [0.5, 0.6) is 0 Å². The second kappa shape index (κ2) is 5.24. The van der Waals surface area contributed by atoms with Crippen molar-refractivity contribution in [2.75, 3.05) is 6.61 Å². The molecule has 0 radical (unpaired) electrons. The standard InChI is InChI=1S/C13H13N5O2/c14-11(8-19)12-16-13(20-17-12)9-6-15-18(7-9)10-4-2-1-3-5-10/h1-7,11,19H,8,14H2. The van der Waals surface area contributed by atoms with Crippen LogP contribution in [-0.4, -0.2) is 31.6 Å². The van der Waals surface area contributed by atoms with Gasteiger partial charge in [0, 0.05) is 6.20 Å². The second-order valence-corrected chi connectivity index (χ2v) is 4.26. The zero-order chi connectivity index (χ0) is 13.9. The van der Waals surface area contributed by atoms with Gasteiger partial charge in [-0.25, -0.2) is 4.68 Å². The van der Waals surface area contributed by atoms with E-state index in [0.717, 1.165) is 5.69 Å². The van der Waals surface area contributed by atoms with Gasteiger partial charge in [-0.2, -0.15) is 10.1 Å². The van der Waals surface area contributed by atoms with E-state index in [2.05, 4.69) is 15.2 Å². The fourth-order valence-electron chi connectivity index (χ4n) is 1.74. The Morgan fingerprint density at radius 2 is 2.10 bits per heavy atom. The van der Waals surface area contributed by atoms with Crippen LogP contribution in [-0.2, 0) is 0 Å². The zero-order valence-electron chi connectivity index (χ0n) is 10.5. The molecule has 0 aliphatic heterocycles. The van der Waals surface area contributed by atoms with Crippen molar-refractivity contribution in [3.05, 3.63) is 48.5 Å². The second-order valence-electron chi connectivity index (χ2n) is 4.26. The Bertz CT molecular complexity index is 692. The summed E-state index contributed by atoms with van der Waals surface area (Å²) in [6.45, 7) is -0.234. The molecule has 0 fully saturated rings. The Hall–Kier alpha value is -2.51. The first-order valence-corrected chi connectivity index (χ1v) is 6.08. The van der Waals surface area contributed by atoms with Crippen molar-refractivity contribution in [2.45, 2.75) is 6.04 Å². The van der Waals surface area contributed by atoms with Crippen LogP contribution in [0.3, 0.4) is 0 Å². The maximum atomic E-state index is 8.96. The molecule has 3 aromatic rings. The summed E-state index contributed by atoms with van der Waals surface area (Å²) < 4.78 is 6.83. The van der Waals surface area contributed by atoms with Gasteiger partial charge in [0.05, 0.1) is 30.1 Å². The molecule has 0 spiro atoms. The predicted octanol–water partition coefficient (Wildman–Crippen LogP) is 0.914. The molecule has 1 unspecified atom stereocenters. The number of rotatable bonds is 4. The van der Waals surface area contributed by atoms with Gasteiger partial charge in [-0.05, 0) is 12.1 Å². The minimum absolute atomic E-state index is 0.234. The lowest BCUT2D eigenvalue weighted by Gasteiger charge is -1.98. The van der Waals surface area contributed by atoms with Crippen molar-refractivity contribution >= 4 is 0 Å². The van der Waals surface area contributed by atoms with E-state index in [0.29, 0.717) is 11.5 Å². The number of nitrogens with two attached hydrogens (primary N) is 1. The largest absolute Gasteiger partial charge is 0.394 e. The summed E-state index contributed by atoms with van der Waals surface area (Å²) in [7, 11) is 0. The van der Waals surface area contributed by atoms with E-state index in [1.165, 1.54) is 0 Å². The third-order valence-corrected chi connectivity index (χ3v) is 2.82. The maximum Gasteiger partial charge on any atom is 0.261 e. The molecule has 0 aliphatic carbocycles. The van der Waals surface area contributed by atoms with Gasteiger partial charge in [0.15, 0.2) is 5.82 Å². The van der Waals surface area contributed by atoms with E-state index < -0.39 is 6.04 Å². The van der Waals surface area contributed by atoms with Crippen LogP contribution in [0.4, 0.5) is 0 Å². The number of nitrogens with zero attached hydrogens (tertiary/aromatic N) is 4. The fraction of sp³-hybridized carbons (Fsp3) is 0.154. The molecule has 0 aliphatic rings. The molecule has 0 saturated heterocycles. The van der Waals surface area contributed by atoms with Crippen LogP contribution in [0, 0.1) is 0 Å². The number of hydrogen-bond donors (Lipinski definition) is 2. The molecule has 0 amide bonds. The molecule has 2 heterocycles. The molecule has 102 valence electrons. The average Bonchev–Trinajstić information content (AvgIpc) is 3.16. The summed E-state index contributed by atoms with van der Waals surface area (Å²) in [5.74, 6) is 0.598. The Kier molecular flexibility index (Phi) is 3.28. The van der Waals surface area contributed by atoms with Crippen LogP contribution in [0.2, 0.25) is 0 Å². The van der Waals surface area contributed by atoms with Gasteiger partial charge >= 0.3 is 0 Å². The molecule has 7 heteroatoms. The molecular formula is C13H13N5O2. The van der Waals surface area contributed by atoms with Crippen molar-refractivity contribution in [3.63, 3.8) is 0 Å². The lowest BCUT2D eigenvalue weighted by molar-refractivity contribution is 0.260. The Balaban J connectivity index is 1.89. The lowest BCUT2D eigenvalue weighted by atomic mass is 10.3. The predicted molar refractivity (Wildman–Crippen MR) is 70.9 cm³/mol. The summed E-state index contributed by atoms with van der Waals surface area (Å²) in [5, 5.41) is 16.9. The molecule has 1 atom stereocenters. The van der Waals surface area contributed by atoms with Gasteiger partial charge in [-0.3, -0.25) is 0 Å². The van der Waals surface area contributed by atoms with Crippen molar-refractivity contribution in [3.8, 4) is 17.1 Å². The van der Waals surface area contributed by atoms with Crippen molar-refractivity contribution < 1.29 is 9.63 Å². The van der Waals surface area contributed by atoms with E-state index in [-0.39, 0.29) is 12.4 Å². The zero-order valence-corrected chi connectivity index (χ0v) is 10.5. The monoisotopic (exact) mass is 271 g/mol. The van der Waals surface area contributed by atoms with E-state index in [9.17, 15) is 0 Å². The van der Waals surface area contributed by atoms with E-state index >= 15 is 0 Å². The molecule has 3 rings (SSSR count). The highest BCUT2D eigenvalue weighted by Gasteiger charge is 2.15. The Labute approximate surface area is 114 Å². The number of aromatic nitrogens is 4. The Morgan fingerprint density at radius 1 is 1.30 bits per heavy atom. The third kappa shape index (κ3) is 2.31. The SMILES string of the molecule is NC(CO)c1noc(-c2cnn(-c3ccccc3)c2)n1. The summed E-state index contributed by atoms with van der Waals surface area (Å²) >= 11 is 0. The molecule has 7 nitrogen and oxygen atoms in total. The van der Waals surface area contributed by atoms with E-state index in [1.807, 2.05) is 30.3 Å². The van der Waals surface area contributed by atoms with Gasteiger partial charge in [-0.1, -0.05) is 23.4 Å². The van der Waals surface area contributed by atoms with Gasteiger partial charge in [-0.15, -0.1) is 0 Å². The maximum absolute atomic E-state index is 8.96. The molecular weight excluding hydrogens is 258 g/mol. The highest BCUT2D eigenvalue weighted by Crippen LogP contribution is 2.19. The molecule has 0 saturated carbocycles. The van der Waals surface area contributed by atoms with Crippen LogP contribution in [0.25, 0.3) is 17.1 Å². The first-order valence-electron chi connectivity index (χ1n) is 6.08. The smallest absolute Gasteiger partial charge is 0.261 e. The van der Waals surface area contributed by atoms with Crippen LogP contribution in [0.15, 0.2) is 47.2 Å². The van der Waals surface area contributed by atoms with Crippen LogP contribution in [0.1, 0.15) is 11.9 Å². The number of aliphatic hydroxyl groups excluding tert-OH is 1. The lowest BCUT2D eigenvalue weighted by Crippen LogP contribution is -2.15. The minimum Gasteiger partial charge on any atom is -0.394 e. The van der Waals surface area contributed by atoms with E-state index in [4.69, 9.17) is 15.4 Å².